The van der Waals surface area contributed by atoms with Gasteiger partial charge in [0.2, 0.25) is 0 Å². The Bertz CT molecular complexity index is 809. The molecule has 0 saturated carbocycles. The fourth-order valence-corrected chi connectivity index (χ4v) is 2.19. The van der Waals surface area contributed by atoms with Crippen LogP contribution in [0, 0.1) is 10.1 Å². The first-order chi connectivity index (χ1) is 9.65. The normalized spacial score (nSPS) is 10.6. The van der Waals surface area contributed by atoms with Crippen molar-refractivity contribution >= 4 is 40.2 Å². The van der Waals surface area contributed by atoms with E-state index in [2.05, 4.69) is 14.1 Å². The minimum Gasteiger partial charge on any atom is -0.395 e. The minimum absolute atomic E-state index is 0.142. The van der Waals surface area contributed by atoms with Crippen LogP contribution in [0.2, 0.25) is 0 Å². The van der Waals surface area contributed by atoms with Gasteiger partial charge in [-0.2, -0.15) is 8.75 Å². The molecule has 0 atom stereocenters. The molecule has 2 heterocycles. The van der Waals surface area contributed by atoms with Crippen molar-refractivity contribution in [3.8, 4) is 0 Å². The maximum atomic E-state index is 11.9. The molecular weight excluding hydrogens is 284 g/mol. The van der Waals surface area contributed by atoms with Crippen molar-refractivity contribution in [2.24, 2.45) is 0 Å². The number of fused-ring (bicyclic) bond motifs is 1. The molecular formula is C11H6N4O4S. The zero-order valence-corrected chi connectivity index (χ0v) is 10.6. The summed E-state index contributed by atoms with van der Waals surface area (Å²) < 4.78 is 13.0. The van der Waals surface area contributed by atoms with E-state index in [4.69, 9.17) is 4.42 Å². The van der Waals surface area contributed by atoms with Gasteiger partial charge in [-0.15, -0.1) is 0 Å². The molecule has 3 aromatic rings. The van der Waals surface area contributed by atoms with E-state index in [0.717, 1.165) is 17.8 Å². The Labute approximate surface area is 115 Å². The summed E-state index contributed by atoms with van der Waals surface area (Å²) in [5.74, 6) is -1.21. The zero-order valence-electron chi connectivity index (χ0n) is 9.77. The highest BCUT2D eigenvalue weighted by Crippen LogP contribution is 2.23. The van der Waals surface area contributed by atoms with Crippen molar-refractivity contribution in [1.82, 2.24) is 8.75 Å². The Morgan fingerprint density at radius 3 is 2.90 bits per heavy atom. The number of furan rings is 1. The molecule has 20 heavy (non-hydrogen) atoms. The minimum atomic E-state index is -0.706. The fourth-order valence-electron chi connectivity index (χ4n) is 1.64. The molecule has 0 radical (unpaired) electrons. The summed E-state index contributed by atoms with van der Waals surface area (Å²) in [4.78, 5) is 21.7. The number of amides is 1. The third-order valence-electron chi connectivity index (χ3n) is 2.53. The molecule has 9 heteroatoms. The molecule has 0 saturated heterocycles. The summed E-state index contributed by atoms with van der Waals surface area (Å²) >= 11 is 1.03. The summed E-state index contributed by atoms with van der Waals surface area (Å²) in [6, 6.07) is 7.53. The molecule has 0 aliphatic rings. The molecule has 3 rings (SSSR count). The highest BCUT2D eigenvalue weighted by molar-refractivity contribution is 7.00. The van der Waals surface area contributed by atoms with E-state index >= 15 is 0 Å². The molecule has 1 N–H and O–H groups in total. The zero-order chi connectivity index (χ0) is 14.1. The molecule has 1 amide bonds. The summed E-state index contributed by atoms with van der Waals surface area (Å²) in [5, 5.41) is 13.1. The third kappa shape index (κ3) is 2.10. The van der Waals surface area contributed by atoms with E-state index < -0.39 is 16.7 Å². The van der Waals surface area contributed by atoms with Crippen molar-refractivity contribution in [2.75, 3.05) is 5.32 Å². The number of hydrogen-bond acceptors (Lipinski definition) is 7. The maximum absolute atomic E-state index is 11.9. The third-order valence-corrected chi connectivity index (χ3v) is 3.07. The fraction of sp³-hybridized carbons (Fsp3) is 0. The standard InChI is InChI=1S/C11H6N4O4S/c16-11(8-4-5-9(19-8)15(17)18)12-6-2-1-3-7-10(6)14-20-13-7/h1-5H,(H,12,16). The van der Waals surface area contributed by atoms with Gasteiger partial charge in [-0.25, -0.2) is 0 Å². The predicted molar refractivity (Wildman–Crippen MR) is 70.7 cm³/mol. The van der Waals surface area contributed by atoms with Gasteiger partial charge < -0.3 is 9.73 Å². The number of benzene rings is 1. The van der Waals surface area contributed by atoms with Crippen LogP contribution >= 0.6 is 11.7 Å². The second kappa shape index (κ2) is 4.70. The number of hydrogen-bond donors (Lipinski definition) is 1. The lowest BCUT2D eigenvalue weighted by atomic mass is 10.2. The Hall–Kier alpha value is -2.81. The van der Waals surface area contributed by atoms with Crippen molar-refractivity contribution < 1.29 is 14.1 Å². The first-order valence-electron chi connectivity index (χ1n) is 5.42. The lowest BCUT2D eigenvalue weighted by Gasteiger charge is -2.02. The molecule has 2 aromatic heterocycles. The van der Waals surface area contributed by atoms with Crippen LogP contribution in [0.5, 0.6) is 0 Å². The number of rotatable bonds is 3. The van der Waals surface area contributed by atoms with Crippen molar-refractivity contribution in [1.29, 1.82) is 0 Å². The van der Waals surface area contributed by atoms with Crippen LogP contribution in [0.4, 0.5) is 11.6 Å². The van der Waals surface area contributed by atoms with Gasteiger partial charge in [0.1, 0.15) is 16.0 Å². The van der Waals surface area contributed by atoms with Crippen LogP contribution in [0.25, 0.3) is 11.0 Å². The van der Waals surface area contributed by atoms with E-state index in [0.29, 0.717) is 16.7 Å². The van der Waals surface area contributed by atoms with E-state index in [9.17, 15) is 14.9 Å². The molecule has 0 fully saturated rings. The van der Waals surface area contributed by atoms with Gasteiger partial charge in [0.15, 0.2) is 5.76 Å². The molecule has 8 nitrogen and oxygen atoms in total. The van der Waals surface area contributed by atoms with Crippen LogP contribution in [-0.2, 0) is 0 Å². The van der Waals surface area contributed by atoms with E-state index in [1.54, 1.807) is 18.2 Å². The molecule has 100 valence electrons. The SMILES string of the molecule is O=C(Nc1cccc2nsnc12)c1ccc([N+](=O)[O-])o1. The topological polar surface area (TPSA) is 111 Å². The number of anilines is 1. The van der Waals surface area contributed by atoms with Crippen LogP contribution in [0.15, 0.2) is 34.7 Å². The second-order valence-electron chi connectivity index (χ2n) is 3.79. The molecule has 0 spiro atoms. The molecule has 0 bridgehead atoms. The Balaban J connectivity index is 1.88. The highest BCUT2D eigenvalue weighted by atomic mass is 32.1. The van der Waals surface area contributed by atoms with Gasteiger partial charge in [0, 0.05) is 0 Å². The van der Waals surface area contributed by atoms with E-state index in [1.807, 2.05) is 0 Å². The summed E-state index contributed by atoms with van der Waals surface area (Å²) in [6.07, 6.45) is 0. The molecule has 1 aromatic carbocycles. The number of nitro groups is 1. The van der Waals surface area contributed by atoms with Gasteiger partial charge in [-0.3, -0.25) is 14.9 Å². The number of nitrogens with one attached hydrogen (secondary N) is 1. The largest absolute Gasteiger partial charge is 0.433 e. The molecule has 0 aliphatic carbocycles. The van der Waals surface area contributed by atoms with Crippen LogP contribution in [0.1, 0.15) is 10.6 Å². The Morgan fingerprint density at radius 1 is 1.30 bits per heavy atom. The van der Waals surface area contributed by atoms with Gasteiger partial charge in [-0.1, -0.05) is 6.07 Å². The first kappa shape index (κ1) is 12.2. The average molecular weight is 290 g/mol. The smallest absolute Gasteiger partial charge is 0.395 e. The number of carbonyl (C=O) groups excluding carboxylic acids is 1. The van der Waals surface area contributed by atoms with E-state index in [-0.39, 0.29) is 5.76 Å². The summed E-state index contributed by atoms with van der Waals surface area (Å²) in [5.41, 5.74) is 1.70. The van der Waals surface area contributed by atoms with Crippen LogP contribution in [-0.4, -0.2) is 19.6 Å². The predicted octanol–water partition coefficient (Wildman–Crippen LogP) is 2.44. The Morgan fingerprint density at radius 2 is 2.15 bits per heavy atom. The van der Waals surface area contributed by atoms with Crippen molar-refractivity contribution in [2.45, 2.75) is 0 Å². The van der Waals surface area contributed by atoms with Gasteiger partial charge in [0.25, 0.3) is 5.91 Å². The molecule has 0 aliphatic heterocycles. The quantitative estimate of drug-likeness (QED) is 0.585. The van der Waals surface area contributed by atoms with Gasteiger partial charge in [-0.05, 0) is 18.2 Å². The monoisotopic (exact) mass is 290 g/mol. The number of nitrogens with zero attached hydrogens (tertiary/aromatic N) is 3. The lowest BCUT2D eigenvalue weighted by Crippen LogP contribution is -2.11. The summed E-state index contributed by atoms with van der Waals surface area (Å²) in [7, 11) is 0. The first-order valence-corrected chi connectivity index (χ1v) is 6.15. The Kier molecular flexibility index (Phi) is 2.88. The summed E-state index contributed by atoms with van der Waals surface area (Å²) in [6.45, 7) is 0. The van der Waals surface area contributed by atoms with Crippen LogP contribution in [0.3, 0.4) is 0 Å². The van der Waals surface area contributed by atoms with Gasteiger partial charge in [0.05, 0.1) is 23.5 Å². The maximum Gasteiger partial charge on any atom is 0.433 e. The van der Waals surface area contributed by atoms with Crippen molar-refractivity contribution in [3.63, 3.8) is 0 Å². The second-order valence-corrected chi connectivity index (χ2v) is 4.32. The number of aromatic nitrogens is 2. The van der Waals surface area contributed by atoms with Crippen LogP contribution < -0.4 is 5.32 Å². The van der Waals surface area contributed by atoms with Gasteiger partial charge >= 0.3 is 5.88 Å². The van der Waals surface area contributed by atoms with E-state index in [1.165, 1.54) is 6.07 Å². The molecule has 0 unspecified atom stereocenters. The van der Waals surface area contributed by atoms with Crippen molar-refractivity contribution in [3.05, 3.63) is 46.2 Å². The lowest BCUT2D eigenvalue weighted by molar-refractivity contribution is -0.402. The average Bonchev–Trinajstić information content (AvgIpc) is 3.08. The number of carbonyl (C=O) groups is 1. The highest BCUT2D eigenvalue weighted by Gasteiger charge is 2.18.